The average molecular weight is 351 g/mol. The van der Waals surface area contributed by atoms with Crippen molar-refractivity contribution < 1.29 is 8.83 Å². The Kier molecular flexibility index (Phi) is 4.32. The van der Waals surface area contributed by atoms with Crippen LogP contribution in [0, 0.1) is 6.92 Å². The van der Waals surface area contributed by atoms with Crippen LogP contribution in [0.4, 0.5) is 0 Å². The van der Waals surface area contributed by atoms with Crippen LogP contribution >= 0.6 is 0 Å². The lowest BCUT2D eigenvalue weighted by atomic mass is 10.2. The molecule has 26 heavy (non-hydrogen) atoms. The largest absolute Gasteiger partial charge is 0.451 e. The molecule has 4 heterocycles. The summed E-state index contributed by atoms with van der Waals surface area (Å²) in [6.45, 7) is 3.52. The number of aromatic nitrogens is 4. The Labute approximate surface area is 148 Å². The lowest BCUT2D eigenvalue weighted by Gasteiger charge is -2.19. The smallest absolute Gasteiger partial charge is 0.258 e. The second-order valence-corrected chi connectivity index (χ2v) is 6.12. The first-order valence-electron chi connectivity index (χ1n) is 8.13. The van der Waals surface area contributed by atoms with Crippen LogP contribution in [0.3, 0.4) is 0 Å². The summed E-state index contributed by atoms with van der Waals surface area (Å²) in [5.74, 6) is 0. The predicted molar refractivity (Wildman–Crippen MR) is 92.2 cm³/mol. The number of hydrogen-bond donors (Lipinski definition) is 0. The number of rotatable bonds is 6. The van der Waals surface area contributed by atoms with E-state index in [0.29, 0.717) is 31.0 Å². The van der Waals surface area contributed by atoms with Crippen LogP contribution < -0.4 is 5.56 Å². The van der Waals surface area contributed by atoms with Gasteiger partial charge in [0.05, 0.1) is 17.1 Å². The lowest BCUT2D eigenvalue weighted by Crippen LogP contribution is -2.25. The molecule has 4 aromatic heterocycles. The van der Waals surface area contributed by atoms with Crippen molar-refractivity contribution in [3.63, 3.8) is 0 Å². The van der Waals surface area contributed by atoms with Crippen LogP contribution in [0.15, 0.2) is 63.3 Å². The van der Waals surface area contributed by atoms with E-state index in [-0.39, 0.29) is 5.56 Å². The summed E-state index contributed by atoms with van der Waals surface area (Å²) in [6, 6.07) is 5.34. The molecule has 0 fully saturated rings. The molecule has 0 amide bonds. The fourth-order valence-electron chi connectivity index (χ4n) is 2.82. The van der Waals surface area contributed by atoms with Gasteiger partial charge in [-0.05, 0) is 24.6 Å². The molecule has 4 aromatic rings. The molecule has 0 aliphatic rings. The van der Waals surface area contributed by atoms with Gasteiger partial charge in [0.2, 0.25) is 0 Å². The molecular weight excluding hydrogens is 334 g/mol. The van der Waals surface area contributed by atoms with Crippen LogP contribution in [0.5, 0.6) is 0 Å². The van der Waals surface area contributed by atoms with Gasteiger partial charge in [0.25, 0.3) is 5.56 Å². The molecule has 8 heteroatoms. The van der Waals surface area contributed by atoms with Crippen molar-refractivity contribution in [1.82, 2.24) is 24.3 Å². The Morgan fingerprint density at radius 3 is 2.27 bits per heavy atom. The molecule has 4 rings (SSSR count). The first-order valence-corrected chi connectivity index (χ1v) is 8.13. The molecule has 0 saturated carbocycles. The van der Waals surface area contributed by atoms with Crippen LogP contribution in [0.1, 0.15) is 22.6 Å². The maximum absolute atomic E-state index is 12.4. The Morgan fingerprint density at radius 2 is 1.65 bits per heavy atom. The fraction of sp³-hybridized carbons (Fsp3) is 0.222. The molecule has 0 radical (unpaired) electrons. The van der Waals surface area contributed by atoms with Crippen molar-refractivity contribution in [3.05, 3.63) is 82.7 Å². The predicted octanol–water partition coefficient (Wildman–Crippen LogP) is 2.18. The van der Waals surface area contributed by atoms with Crippen LogP contribution in [0.25, 0.3) is 5.65 Å². The molecular formula is C18H17N5O3. The first-order chi connectivity index (χ1) is 12.7. The van der Waals surface area contributed by atoms with E-state index < -0.39 is 0 Å². The molecule has 0 aliphatic heterocycles. The number of hydrogen-bond acceptors (Lipinski definition) is 7. The molecule has 0 aromatic carbocycles. The molecule has 132 valence electrons. The monoisotopic (exact) mass is 351 g/mol. The molecule has 0 aliphatic carbocycles. The third kappa shape index (κ3) is 3.55. The van der Waals surface area contributed by atoms with Crippen LogP contribution in [-0.2, 0) is 19.6 Å². The zero-order valence-electron chi connectivity index (χ0n) is 14.2. The zero-order valence-corrected chi connectivity index (χ0v) is 14.2. The zero-order chi connectivity index (χ0) is 17.9. The molecule has 0 unspecified atom stereocenters. The summed E-state index contributed by atoms with van der Waals surface area (Å²) < 4.78 is 11.6. The Hall–Kier alpha value is -3.26. The Bertz CT molecular complexity index is 1020. The van der Waals surface area contributed by atoms with E-state index >= 15 is 0 Å². The highest BCUT2D eigenvalue weighted by Gasteiger charge is 2.13. The van der Waals surface area contributed by atoms with E-state index in [1.807, 2.05) is 19.1 Å². The average Bonchev–Trinajstić information content (AvgIpc) is 3.28. The number of nitrogens with zero attached hydrogens (tertiary/aromatic N) is 5. The number of fused-ring (bicyclic) bond motifs is 1. The van der Waals surface area contributed by atoms with Gasteiger partial charge in [0.1, 0.15) is 18.2 Å². The van der Waals surface area contributed by atoms with Gasteiger partial charge in [-0.25, -0.2) is 15.0 Å². The van der Waals surface area contributed by atoms with Gasteiger partial charge >= 0.3 is 0 Å². The van der Waals surface area contributed by atoms with Gasteiger partial charge in [-0.15, -0.1) is 0 Å². The van der Waals surface area contributed by atoms with Crippen LogP contribution in [0.2, 0.25) is 0 Å². The van der Waals surface area contributed by atoms with Gasteiger partial charge in [-0.2, -0.15) is 0 Å². The van der Waals surface area contributed by atoms with Gasteiger partial charge in [0.15, 0.2) is 12.8 Å². The van der Waals surface area contributed by atoms with Crippen molar-refractivity contribution in [2.45, 2.75) is 26.6 Å². The van der Waals surface area contributed by atoms with Gasteiger partial charge < -0.3 is 8.83 Å². The minimum atomic E-state index is -0.104. The summed E-state index contributed by atoms with van der Waals surface area (Å²) in [5, 5.41) is 0. The number of oxazole rings is 2. The standard InChI is InChI=1S/C18H17N5O3/c1-13-2-3-23-17(4-13)21-14(5-18(23)24)6-22(7-15-9-25-11-19-15)8-16-10-26-12-20-16/h2-5,9-12H,6-8H2,1H3. The van der Waals surface area contributed by atoms with E-state index in [0.717, 1.165) is 17.0 Å². The quantitative estimate of drug-likeness (QED) is 0.526. The SMILES string of the molecule is Cc1ccn2c(=O)cc(CN(Cc3cocn3)Cc3cocn3)nc2c1. The molecule has 8 nitrogen and oxygen atoms in total. The fourth-order valence-corrected chi connectivity index (χ4v) is 2.82. The summed E-state index contributed by atoms with van der Waals surface area (Å²) in [6.07, 6.45) is 7.73. The molecule has 0 spiro atoms. The van der Waals surface area contributed by atoms with Crippen molar-refractivity contribution in [2.75, 3.05) is 0 Å². The maximum Gasteiger partial charge on any atom is 0.258 e. The Balaban J connectivity index is 1.63. The van der Waals surface area contributed by atoms with Crippen molar-refractivity contribution >= 4 is 5.65 Å². The van der Waals surface area contributed by atoms with Crippen molar-refractivity contribution in [3.8, 4) is 0 Å². The highest BCUT2D eigenvalue weighted by Crippen LogP contribution is 2.12. The number of pyridine rings is 1. The third-order valence-corrected chi connectivity index (χ3v) is 4.00. The second-order valence-electron chi connectivity index (χ2n) is 6.12. The highest BCUT2D eigenvalue weighted by molar-refractivity contribution is 5.41. The van der Waals surface area contributed by atoms with Crippen molar-refractivity contribution in [2.24, 2.45) is 0 Å². The van der Waals surface area contributed by atoms with Crippen LogP contribution in [-0.4, -0.2) is 24.3 Å². The van der Waals surface area contributed by atoms with Gasteiger partial charge in [0, 0.05) is 31.9 Å². The second kappa shape index (κ2) is 6.93. The molecule has 0 atom stereocenters. The van der Waals surface area contributed by atoms with E-state index in [1.165, 1.54) is 17.2 Å². The molecule has 0 saturated heterocycles. The molecule has 0 N–H and O–H groups in total. The minimum Gasteiger partial charge on any atom is -0.451 e. The third-order valence-electron chi connectivity index (χ3n) is 4.00. The normalized spacial score (nSPS) is 11.5. The van der Waals surface area contributed by atoms with E-state index in [1.54, 1.807) is 24.8 Å². The van der Waals surface area contributed by atoms with Gasteiger partial charge in [-0.3, -0.25) is 14.1 Å². The topological polar surface area (TPSA) is 89.7 Å². The van der Waals surface area contributed by atoms with E-state index in [2.05, 4.69) is 19.9 Å². The Morgan fingerprint density at radius 1 is 1.00 bits per heavy atom. The number of aryl methyl sites for hydroxylation is 1. The summed E-state index contributed by atoms with van der Waals surface area (Å²) in [4.78, 5) is 27.4. The van der Waals surface area contributed by atoms with E-state index in [9.17, 15) is 4.79 Å². The molecule has 0 bridgehead atoms. The summed E-state index contributed by atoms with van der Waals surface area (Å²) in [7, 11) is 0. The maximum atomic E-state index is 12.4. The van der Waals surface area contributed by atoms with Gasteiger partial charge in [-0.1, -0.05) is 0 Å². The lowest BCUT2D eigenvalue weighted by molar-refractivity contribution is 0.238. The minimum absolute atomic E-state index is 0.104. The summed E-state index contributed by atoms with van der Waals surface area (Å²) >= 11 is 0. The van der Waals surface area contributed by atoms with Crippen molar-refractivity contribution in [1.29, 1.82) is 0 Å². The van der Waals surface area contributed by atoms with E-state index in [4.69, 9.17) is 8.83 Å². The highest BCUT2D eigenvalue weighted by atomic mass is 16.3. The first kappa shape index (κ1) is 16.2. The summed E-state index contributed by atoms with van der Waals surface area (Å²) in [5.41, 5.74) is 3.86.